The van der Waals surface area contributed by atoms with Gasteiger partial charge in [0.2, 0.25) is 0 Å². The summed E-state index contributed by atoms with van der Waals surface area (Å²) in [4.78, 5) is 36.0. The highest BCUT2D eigenvalue weighted by Gasteiger charge is 2.46. The van der Waals surface area contributed by atoms with E-state index in [-0.39, 0.29) is 52.2 Å². The molecule has 9 nitrogen and oxygen atoms in total. The molecular formula is C25H30F5N5O4S2. The zero-order valence-corrected chi connectivity index (χ0v) is 24.2. The number of aromatic nitrogens is 2. The third kappa shape index (κ3) is 7.13. The Bertz CT molecular complexity index is 1420. The number of likely N-dealkylation sites (tertiary alicyclic amines) is 1. The van der Waals surface area contributed by atoms with Gasteiger partial charge in [-0.2, -0.15) is 13.2 Å². The Morgan fingerprint density at radius 1 is 1.24 bits per heavy atom. The molecule has 4 rings (SSSR count). The Morgan fingerprint density at radius 2 is 1.90 bits per heavy atom. The summed E-state index contributed by atoms with van der Waals surface area (Å²) in [7, 11) is -3.17. The fourth-order valence-electron chi connectivity index (χ4n) is 4.91. The summed E-state index contributed by atoms with van der Waals surface area (Å²) in [6.07, 6.45) is -3.59. The number of hydrogen-bond donors (Lipinski definition) is 2. The molecule has 2 aromatic rings. The van der Waals surface area contributed by atoms with Gasteiger partial charge in [-0.3, -0.25) is 9.59 Å². The predicted molar refractivity (Wildman–Crippen MR) is 143 cm³/mol. The molecule has 0 bridgehead atoms. The second-order valence-electron chi connectivity index (χ2n) is 10.5. The molecule has 2 saturated heterocycles. The zero-order valence-electron chi connectivity index (χ0n) is 22.5. The van der Waals surface area contributed by atoms with E-state index >= 15 is 0 Å². The van der Waals surface area contributed by atoms with Gasteiger partial charge in [-0.15, -0.1) is 11.3 Å². The maximum absolute atomic E-state index is 14.1. The number of amides is 2. The van der Waals surface area contributed by atoms with Crippen molar-refractivity contribution in [1.29, 1.82) is 0 Å². The van der Waals surface area contributed by atoms with Crippen molar-refractivity contribution in [2.75, 3.05) is 23.4 Å². The third-order valence-electron chi connectivity index (χ3n) is 7.18. The minimum Gasteiger partial charge on any atom is -0.359 e. The van der Waals surface area contributed by atoms with Gasteiger partial charge in [0, 0.05) is 30.3 Å². The van der Waals surface area contributed by atoms with Crippen LogP contribution in [0.4, 0.5) is 27.8 Å². The molecule has 41 heavy (non-hydrogen) atoms. The van der Waals surface area contributed by atoms with Crippen LogP contribution in [0.1, 0.15) is 65.4 Å². The first kappa shape index (κ1) is 31.1. The highest BCUT2D eigenvalue weighted by Crippen LogP contribution is 2.38. The molecule has 0 saturated carbocycles. The van der Waals surface area contributed by atoms with E-state index in [9.17, 15) is 40.0 Å². The molecule has 2 N–H and O–H groups in total. The lowest BCUT2D eigenvalue weighted by atomic mass is 10.1. The van der Waals surface area contributed by atoms with Crippen LogP contribution in [-0.2, 0) is 9.84 Å². The molecule has 0 aliphatic carbocycles. The number of carbonyl (C=O) groups is 2. The summed E-state index contributed by atoms with van der Waals surface area (Å²) in [6.45, 7) is 3.62. The van der Waals surface area contributed by atoms with Gasteiger partial charge in [-0.05, 0) is 44.7 Å². The second kappa shape index (κ2) is 11.4. The number of thiazole rings is 1. The number of pyridine rings is 1. The number of nitrogens with zero attached hydrogens (tertiary/aromatic N) is 3. The first-order valence-corrected chi connectivity index (χ1v) is 15.6. The van der Waals surface area contributed by atoms with Crippen LogP contribution in [-0.4, -0.2) is 83.4 Å². The lowest BCUT2D eigenvalue weighted by Crippen LogP contribution is -2.41. The van der Waals surface area contributed by atoms with Gasteiger partial charge in [-0.1, -0.05) is 6.92 Å². The molecule has 0 spiro atoms. The van der Waals surface area contributed by atoms with Crippen molar-refractivity contribution in [2.24, 2.45) is 0 Å². The number of rotatable bonds is 7. The molecule has 0 radical (unpaired) electrons. The molecule has 2 aliphatic heterocycles. The van der Waals surface area contributed by atoms with Crippen molar-refractivity contribution in [2.45, 2.75) is 76.7 Å². The van der Waals surface area contributed by atoms with Gasteiger partial charge < -0.3 is 15.5 Å². The molecule has 2 atom stereocenters. The van der Waals surface area contributed by atoms with Crippen molar-refractivity contribution in [3.63, 3.8) is 0 Å². The quantitative estimate of drug-likeness (QED) is 0.438. The van der Waals surface area contributed by atoms with Crippen LogP contribution in [0.2, 0.25) is 0 Å². The van der Waals surface area contributed by atoms with E-state index in [1.165, 1.54) is 26.1 Å². The van der Waals surface area contributed by atoms with Crippen molar-refractivity contribution >= 4 is 38.8 Å². The Hall–Kier alpha value is -2.88. The maximum Gasteiger partial charge on any atom is 0.408 e. The van der Waals surface area contributed by atoms with E-state index < -0.39 is 64.8 Å². The topological polar surface area (TPSA) is 121 Å². The summed E-state index contributed by atoms with van der Waals surface area (Å²) in [5.74, 6) is -4.76. The SMILES string of the molecule is CC[C@H](Nc1cc(C)c(-c2sc(C(=O)NC3CCS(=O)(=O)CC3)nc2C(=O)N2CC(F)(F)C[C@@H]2C)cn1)C(F)(F)F. The van der Waals surface area contributed by atoms with Crippen LogP contribution in [0.25, 0.3) is 10.4 Å². The zero-order chi connectivity index (χ0) is 30.3. The fourth-order valence-corrected chi connectivity index (χ4v) is 7.44. The molecule has 2 aromatic heterocycles. The van der Waals surface area contributed by atoms with Gasteiger partial charge >= 0.3 is 6.18 Å². The number of nitrogens with one attached hydrogen (secondary N) is 2. The lowest BCUT2D eigenvalue weighted by Gasteiger charge is -2.22. The van der Waals surface area contributed by atoms with Crippen molar-refractivity contribution in [3.05, 3.63) is 28.5 Å². The summed E-state index contributed by atoms with van der Waals surface area (Å²) in [5.41, 5.74) is 0.475. The summed E-state index contributed by atoms with van der Waals surface area (Å²) in [6, 6.07) is -1.69. The highest BCUT2D eigenvalue weighted by molar-refractivity contribution is 7.91. The summed E-state index contributed by atoms with van der Waals surface area (Å²) in [5, 5.41) is 4.94. The van der Waals surface area contributed by atoms with E-state index in [2.05, 4.69) is 20.6 Å². The molecule has 2 aliphatic rings. The normalized spacial score (nSPS) is 21.5. The monoisotopic (exact) mass is 623 g/mol. The smallest absolute Gasteiger partial charge is 0.359 e. The van der Waals surface area contributed by atoms with E-state index in [4.69, 9.17) is 0 Å². The van der Waals surface area contributed by atoms with Gasteiger partial charge in [-0.25, -0.2) is 27.2 Å². The molecule has 4 heterocycles. The first-order chi connectivity index (χ1) is 19.0. The number of alkyl halides is 5. The first-order valence-electron chi connectivity index (χ1n) is 13.0. The van der Waals surface area contributed by atoms with Crippen molar-refractivity contribution < 1.29 is 40.0 Å². The number of anilines is 1. The minimum absolute atomic E-state index is 0.0501. The van der Waals surface area contributed by atoms with E-state index in [0.717, 1.165) is 16.2 Å². The number of halogens is 5. The van der Waals surface area contributed by atoms with Gasteiger partial charge in [0.25, 0.3) is 17.7 Å². The summed E-state index contributed by atoms with van der Waals surface area (Å²) < 4.78 is 91.4. The van der Waals surface area contributed by atoms with Crippen LogP contribution in [0.5, 0.6) is 0 Å². The second-order valence-corrected chi connectivity index (χ2v) is 13.8. The third-order valence-corrected chi connectivity index (χ3v) is 9.99. The Kier molecular flexibility index (Phi) is 8.65. The van der Waals surface area contributed by atoms with Crippen molar-refractivity contribution in [3.8, 4) is 10.4 Å². The van der Waals surface area contributed by atoms with Gasteiger partial charge in [0.15, 0.2) is 5.01 Å². The van der Waals surface area contributed by atoms with Gasteiger partial charge in [0.05, 0.1) is 22.9 Å². The average molecular weight is 624 g/mol. The molecule has 2 fully saturated rings. The highest BCUT2D eigenvalue weighted by atomic mass is 32.2. The lowest BCUT2D eigenvalue weighted by molar-refractivity contribution is -0.142. The van der Waals surface area contributed by atoms with Crippen LogP contribution in [0, 0.1) is 6.92 Å². The Balaban J connectivity index is 1.67. The standard InChI is InChI=1S/C25H30F5N5O4S2/c1-4-17(25(28,29)30)33-18-9-13(2)16(11-31-18)20-19(23(37)35-12-24(26,27)10-14(35)3)34-22(40-20)21(36)32-15-5-7-41(38,39)8-6-15/h9,11,14-15,17H,4-8,10,12H2,1-3H3,(H,31,33)(H,32,36)/t14-,17-/m0/s1. The van der Waals surface area contributed by atoms with Crippen LogP contribution in [0.15, 0.2) is 12.3 Å². The maximum atomic E-state index is 14.1. The number of aryl methyl sites for hydroxylation is 1. The molecule has 226 valence electrons. The number of sulfone groups is 1. The number of hydrogen-bond acceptors (Lipinski definition) is 8. The van der Waals surface area contributed by atoms with E-state index in [0.29, 0.717) is 11.1 Å². The molecule has 0 unspecified atom stereocenters. The van der Waals surface area contributed by atoms with E-state index in [1.54, 1.807) is 6.92 Å². The fraction of sp³-hybridized carbons (Fsp3) is 0.600. The van der Waals surface area contributed by atoms with Crippen LogP contribution >= 0.6 is 11.3 Å². The number of carbonyl (C=O) groups excluding carboxylic acids is 2. The minimum atomic E-state index is -4.50. The molecule has 0 aromatic carbocycles. The van der Waals surface area contributed by atoms with Crippen LogP contribution in [0.3, 0.4) is 0 Å². The molecule has 16 heteroatoms. The van der Waals surface area contributed by atoms with Gasteiger partial charge in [0.1, 0.15) is 27.4 Å². The average Bonchev–Trinajstić information content (AvgIpc) is 3.42. The largest absolute Gasteiger partial charge is 0.408 e. The molecule has 2 amide bonds. The Morgan fingerprint density at radius 3 is 2.44 bits per heavy atom. The van der Waals surface area contributed by atoms with E-state index in [1.807, 2.05) is 0 Å². The van der Waals surface area contributed by atoms with Crippen LogP contribution < -0.4 is 10.6 Å². The Labute approximate surface area is 237 Å². The summed E-state index contributed by atoms with van der Waals surface area (Å²) >= 11 is 0.823. The van der Waals surface area contributed by atoms with Crippen molar-refractivity contribution in [1.82, 2.24) is 20.2 Å². The molecular weight excluding hydrogens is 593 g/mol. The predicted octanol–water partition coefficient (Wildman–Crippen LogP) is 4.44.